The summed E-state index contributed by atoms with van der Waals surface area (Å²) in [7, 11) is 4.03. The molecule has 1 aliphatic heterocycles. The van der Waals surface area contributed by atoms with E-state index in [1.807, 2.05) is 76.5 Å². The maximum absolute atomic E-state index is 13.6. The molecule has 0 bridgehead atoms. The van der Waals surface area contributed by atoms with Gasteiger partial charge in [-0.1, -0.05) is 65.8 Å². The highest BCUT2D eigenvalue weighted by molar-refractivity contribution is 5.99. The van der Waals surface area contributed by atoms with Crippen LogP contribution in [0.5, 0.6) is 0 Å². The molecule has 8 heteroatoms. The number of nitrogens with zero attached hydrogens (tertiary/aromatic N) is 5. The molecule has 0 fully saturated rings. The smallest absolute Gasteiger partial charge is 0.338 e. The van der Waals surface area contributed by atoms with E-state index in [4.69, 9.17) is 4.74 Å². The first kappa shape index (κ1) is 21.6. The molecular weight excluding hydrogens is 428 g/mol. The summed E-state index contributed by atoms with van der Waals surface area (Å²) in [4.78, 5) is 15.7. The number of carbonyl (C=O) groups excluding carboxylic acids is 1. The lowest BCUT2D eigenvalue weighted by Crippen LogP contribution is -2.30. The summed E-state index contributed by atoms with van der Waals surface area (Å²) in [5, 5.41) is 17.5. The van der Waals surface area contributed by atoms with Gasteiger partial charge in [-0.3, -0.25) is 0 Å². The van der Waals surface area contributed by atoms with Crippen LogP contribution in [0.25, 0.3) is 10.8 Å². The van der Waals surface area contributed by atoms with Gasteiger partial charge < -0.3 is 15.0 Å². The van der Waals surface area contributed by atoms with Gasteiger partial charge in [0, 0.05) is 30.9 Å². The Morgan fingerprint density at radius 2 is 1.74 bits per heavy atom. The molecule has 0 saturated heterocycles. The van der Waals surface area contributed by atoms with Gasteiger partial charge in [-0.25, -0.2) is 4.79 Å². The Morgan fingerprint density at radius 3 is 2.47 bits per heavy atom. The van der Waals surface area contributed by atoms with Crippen LogP contribution < -0.4 is 10.2 Å². The summed E-state index contributed by atoms with van der Waals surface area (Å²) in [6, 6.07) is 21.4. The molecule has 2 unspecified atom stereocenters. The van der Waals surface area contributed by atoms with Crippen LogP contribution in [0.1, 0.15) is 37.1 Å². The van der Waals surface area contributed by atoms with Crippen LogP contribution in [0.15, 0.2) is 78.0 Å². The summed E-state index contributed by atoms with van der Waals surface area (Å²) in [5.74, 6) is 0.0733. The van der Waals surface area contributed by atoms with Crippen LogP contribution in [0.2, 0.25) is 0 Å². The normalized spacial score (nSPS) is 16.1. The van der Waals surface area contributed by atoms with Crippen molar-refractivity contribution >= 4 is 28.4 Å². The van der Waals surface area contributed by atoms with E-state index >= 15 is 0 Å². The van der Waals surface area contributed by atoms with Crippen molar-refractivity contribution < 1.29 is 9.53 Å². The molecule has 1 aliphatic rings. The third-order valence-electron chi connectivity index (χ3n) is 6.20. The van der Waals surface area contributed by atoms with E-state index < -0.39 is 18.1 Å². The Bertz CT molecular complexity index is 1390. The van der Waals surface area contributed by atoms with Gasteiger partial charge in [0.05, 0.1) is 5.57 Å². The number of hydrogen-bond donors (Lipinski definition) is 1. The molecule has 4 aromatic rings. The summed E-state index contributed by atoms with van der Waals surface area (Å²) in [6.45, 7) is 3.73. The van der Waals surface area contributed by atoms with Crippen molar-refractivity contribution in [3.05, 3.63) is 89.1 Å². The van der Waals surface area contributed by atoms with Crippen molar-refractivity contribution in [2.45, 2.75) is 26.0 Å². The molecule has 3 aromatic carbocycles. The minimum Gasteiger partial charge on any atom is -0.454 e. The summed E-state index contributed by atoms with van der Waals surface area (Å²) in [6.07, 6.45) is -0.405. The van der Waals surface area contributed by atoms with Crippen molar-refractivity contribution in [3.8, 4) is 0 Å². The van der Waals surface area contributed by atoms with E-state index in [1.54, 1.807) is 4.68 Å². The number of aromatic nitrogens is 4. The largest absolute Gasteiger partial charge is 0.454 e. The van der Waals surface area contributed by atoms with E-state index in [0.717, 1.165) is 27.6 Å². The summed E-state index contributed by atoms with van der Waals surface area (Å²) < 4.78 is 7.58. The van der Waals surface area contributed by atoms with E-state index in [2.05, 4.69) is 43.9 Å². The van der Waals surface area contributed by atoms with Crippen LogP contribution in [0, 0.1) is 0 Å². The zero-order valence-corrected chi connectivity index (χ0v) is 19.6. The van der Waals surface area contributed by atoms with Crippen molar-refractivity contribution in [2.24, 2.45) is 0 Å². The predicted molar refractivity (Wildman–Crippen MR) is 132 cm³/mol. The summed E-state index contributed by atoms with van der Waals surface area (Å²) >= 11 is 0. The fourth-order valence-electron chi connectivity index (χ4n) is 4.52. The Labute approximate surface area is 197 Å². The minimum atomic E-state index is -0.539. The Balaban J connectivity index is 1.63. The van der Waals surface area contributed by atoms with E-state index in [0.29, 0.717) is 17.2 Å². The third kappa shape index (κ3) is 3.67. The number of benzene rings is 3. The maximum Gasteiger partial charge on any atom is 0.338 e. The standard InChI is InChI=1S/C26H26N6O2/c1-16-23(25(33)34-17(2)18-10-6-5-7-11-18)24(32-26(27-16)28-29-30-32)21-14-15-22(31(3)4)20-13-9-8-12-19(20)21/h5-15,17,24H,1-4H3,(H,27,28,30). The zero-order chi connectivity index (χ0) is 23.8. The maximum atomic E-state index is 13.6. The van der Waals surface area contributed by atoms with Crippen LogP contribution in [0.4, 0.5) is 11.6 Å². The molecule has 1 aromatic heterocycles. The van der Waals surface area contributed by atoms with Gasteiger partial charge in [-0.15, -0.1) is 0 Å². The van der Waals surface area contributed by atoms with Crippen molar-refractivity contribution in [1.82, 2.24) is 20.2 Å². The van der Waals surface area contributed by atoms with E-state index in [1.165, 1.54) is 0 Å². The van der Waals surface area contributed by atoms with Gasteiger partial charge in [-0.05, 0) is 46.9 Å². The van der Waals surface area contributed by atoms with Gasteiger partial charge in [-0.2, -0.15) is 4.68 Å². The second-order valence-corrected chi connectivity index (χ2v) is 8.59. The molecule has 0 radical (unpaired) electrons. The van der Waals surface area contributed by atoms with Crippen molar-refractivity contribution in [3.63, 3.8) is 0 Å². The molecule has 1 N–H and O–H groups in total. The molecule has 0 saturated carbocycles. The number of carbonyl (C=O) groups is 1. The molecular formula is C26H26N6O2. The molecule has 8 nitrogen and oxygen atoms in total. The van der Waals surface area contributed by atoms with Gasteiger partial charge in [0.1, 0.15) is 12.1 Å². The van der Waals surface area contributed by atoms with Crippen molar-refractivity contribution in [2.75, 3.05) is 24.3 Å². The lowest BCUT2D eigenvalue weighted by Gasteiger charge is -2.29. The first-order valence-corrected chi connectivity index (χ1v) is 11.2. The second kappa shape index (κ2) is 8.62. The first-order valence-electron chi connectivity index (χ1n) is 11.2. The molecule has 2 heterocycles. The van der Waals surface area contributed by atoms with Gasteiger partial charge in [0.2, 0.25) is 5.95 Å². The molecule has 0 amide bonds. The molecule has 2 atom stereocenters. The average Bonchev–Trinajstić information content (AvgIpc) is 3.31. The number of nitrogens with one attached hydrogen (secondary N) is 1. The highest BCUT2D eigenvalue weighted by Gasteiger charge is 2.36. The molecule has 0 spiro atoms. The predicted octanol–water partition coefficient (Wildman–Crippen LogP) is 4.49. The Morgan fingerprint density at radius 1 is 1.03 bits per heavy atom. The number of fused-ring (bicyclic) bond motifs is 2. The molecule has 5 rings (SSSR count). The number of rotatable bonds is 5. The number of tetrazole rings is 1. The zero-order valence-electron chi connectivity index (χ0n) is 19.6. The Hall–Kier alpha value is -4.20. The molecule has 34 heavy (non-hydrogen) atoms. The fourth-order valence-corrected chi connectivity index (χ4v) is 4.52. The molecule has 172 valence electrons. The van der Waals surface area contributed by atoms with Gasteiger partial charge in [0.25, 0.3) is 0 Å². The Kier molecular flexibility index (Phi) is 5.49. The average molecular weight is 455 g/mol. The second-order valence-electron chi connectivity index (χ2n) is 8.59. The van der Waals surface area contributed by atoms with E-state index in [9.17, 15) is 4.79 Å². The van der Waals surface area contributed by atoms with Gasteiger partial charge >= 0.3 is 5.97 Å². The SMILES string of the molecule is CC1=C(C(=O)OC(C)c2ccccc2)C(c2ccc(N(C)C)c3ccccc23)n2nnnc2N1. The fraction of sp³-hybridized carbons (Fsp3) is 0.231. The topological polar surface area (TPSA) is 85.2 Å². The lowest BCUT2D eigenvalue weighted by atomic mass is 9.91. The number of anilines is 2. The number of allylic oxidation sites excluding steroid dienone is 1. The first-order chi connectivity index (χ1) is 16.5. The molecule has 0 aliphatic carbocycles. The third-order valence-corrected chi connectivity index (χ3v) is 6.20. The number of hydrogen-bond acceptors (Lipinski definition) is 7. The minimum absolute atomic E-state index is 0.405. The quantitative estimate of drug-likeness (QED) is 0.445. The highest BCUT2D eigenvalue weighted by atomic mass is 16.5. The van der Waals surface area contributed by atoms with E-state index in [-0.39, 0.29) is 0 Å². The monoisotopic (exact) mass is 454 g/mol. The highest BCUT2D eigenvalue weighted by Crippen LogP contribution is 2.40. The van der Waals surface area contributed by atoms with Crippen LogP contribution >= 0.6 is 0 Å². The lowest BCUT2D eigenvalue weighted by molar-refractivity contribution is -0.144. The van der Waals surface area contributed by atoms with Crippen LogP contribution in [0.3, 0.4) is 0 Å². The van der Waals surface area contributed by atoms with Crippen molar-refractivity contribution in [1.29, 1.82) is 0 Å². The van der Waals surface area contributed by atoms with Crippen LogP contribution in [-0.4, -0.2) is 40.3 Å². The number of ether oxygens (including phenoxy) is 1. The van der Waals surface area contributed by atoms with Crippen LogP contribution in [-0.2, 0) is 9.53 Å². The summed E-state index contributed by atoms with van der Waals surface area (Å²) in [5.41, 5.74) is 4.09. The number of esters is 1. The van der Waals surface area contributed by atoms with Gasteiger partial charge in [0.15, 0.2) is 0 Å².